The van der Waals surface area contributed by atoms with Crippen molar-refractivity contribution in [2.45, 2.75) is 0 Å². The Morgan fingerprint density at radius 1 is 0.964 bits per heavy atom. The van der Waals surface area contributed by atoms with Gasteiger partial charge in [-0.05, 0) is 48.0 Å². The molecule has 3 rings (SSSR count). The van der Waals surface area contributed by atoms with Crippen molar-refractivity contribution >= 4 is 61.5 Å². The zero-order valence-electron chi connectivity index (χ0n) is 14.8. The molecule has 1 aliphatic heterocycles. The van der Waals surface area contributed by atoms with Gasteiger partial charge in [0.2, 0.25) is 0 Å². The Balaban J connectivity index is 2.05. The van der Waals surface area contributed by atoms with Gasteiger partial charge in [0.15, 0.2) is 11.5 Å². The standard InChI is InChI=1S/C19H14Br2N2O5/c1-27-15-8-10(14(21)9-16(15)28-2)7-13-17(24)22-19(26)23(18(13)25)12-5-3-11(20)4-6-12/h3-9H,1-2H3,(H,22,24,26)/b13-7+. The summed E-state index contributed by atoms with van der Waals surface area (Å²) in [7, 11) is 2.98. The largest absolute Gasteiger partial charge is 0.493 e. The van der Waals surface area contributed by atoms with Gasteiger partial charge in [-0.3, -0.25) is 14.9 Å². The second-order valence-corrected chi connectivity index (χ2v) is 7.43. The van der Waals surface area contributed by atoms with Crippen LogP contribution in [0.25, 0.3) is 6.08 Å². The van der Waals surface area contributed by atoms with Crippen LogP contribution in [0.2, 0.25) is 0 Å². The molecule has 0 radical (unpaired) electrons. The van der Waals surface area contributed by atoms with Crippen LogP contribution >= 0.6 is 31.9 Å². The number of nitrogens with one attached hydrogen (secondary N) is 1. The van der Waals surface area contributed by atoms with E-state index < -0.39 is 17.8 Å². The number of halogens is 2. The van der Waals surface area contributed by atoms with E-state index in [4.69, 9.17) is 9.47 Å². The van der Waals surface area contributed by atoms with Gasteiger partial charge in [-0.15, -0.1) is 0 Å². The average molecular weight is 510 g/mol. The van der Waals surface area contributed by atoms with Crippen molar-refractivity contribution in [2.75, 3.05) is 19.1 Å². The molecular weight excluding hydrogens is 496 g/mol. The Bertz CT molecular complexity index is 1000. The van der Waals surface area contributed by atoms with Crippen molar-refractivity contribution < 1.29 is 23.9 Å². The molecule has 1 heterocycles. The number of anilines is 1. The molecule has 28 heavy (non-hydrogen) atoms. The first-order valence-electron chi connectivity index (χ1n) is 7.94. The average Bonchev–Trinajstić information content (AvgIpc) is 2.67. The maximum atomic E-state index is 12.9. The van der Waals surface area contributed by atoms with Crippen LogP contribution < -0.4 is 19.7 Å². The number of carbonyl (C=O) groups excluding carboxylic acids is 3. The summed E-state index contributed by atoms with van der Waals surface area (Å²) >= 11 is 6.69. The van der Waals surface area contributed by atoms with E-state index in [0.717, 1.165) is 9.37 Å². The Morgan fingerprint density at radius 3 is 2.18 bits per heavy atom. The zero-order chi connectivity index (χ0) is 20.4. The number of hydrogen-bond acceptors (Lipinski definition) is 5. The number of benzene rings is 2. The molecule has 4 amide bonds. The van der Waals surface area contributed by atoms with Gasteiger partial charge in [-0.2, -0.15) is 0 Å². The smallest absolute Gasteiger partial charge is 0.335 e. The Hall–Kier alpha value is -2.65. The summed E-state index contributed by atoms with van der Waals surface area (Å²) in [6.07, 6.45) is 1.39. The lowest BCUT2D eigenvalue weighted by atomic mass is 10.1. The van der Waals surface area contributed by atoms with Crippen molar-refractivity contribution in [3.8, 4) is 11.5 Å². The molecule has 0 spiro atoms. The number of nitrogens with zero attached hydrogens (tertiary/aromatic N) is 1. The highest BCUT2D eigenvalue weighted by atomic mass is 79.9. The number of rotatable bonds is 4. The Kier molecular flexibility index (Phi) is 5.85. The molecule has 1 N–H and O–H groups in total. The fraction of sp³-hybridized carbons (Fsp3) is 0.105. The third-order valence-corrected chi connectivity index (χ3v) is 5.20. The van der Waals surface area contributed by atoms with Gasteiger partial charge in [0.25, 0.3) is 11.8 Å². The summed E-state index contributed by atoms with van der Waals surface area (Å²) in [4.78, 5) is 38.4. The predicted molar refractivity (Wildman–Crippen MR) is 110 cm³/mol. The lowest BCUT2D eigenvalue weighted by Gasteiger charge is -2.26. The SMILES string of the molecule is COc1cc(Br)c(/C=C2\C(=O)NC(=O)N(c3ccc(Br)cc3)C2=O)cc1OC. The molecule has 1 fully saturated rings. The van der Waals surface area contributed by atoms with Gasteiger partial charge in [0.1, 0.15) is 5.57 Å². The van der Waals surface area contributed by atoms with Crippen LogP contribution in [-0.4, -0.2) is 32.1 Å². The van der Waals surface area contributed by atoms with Gasteiger partial charge >= 0.3 is 6.03 Å². The minimum absolute atomic E-state index is 0.185. The minimum Gasteiger partial charge on any atom is -0.493 e. The predicted octanol–water partition coefficient (Wildman–Crippen LogP) is 3.90. The minimum atomic E-state index is -0.805. The van der Waals surface area contributed by atoms with Gasteiger partial charge in [-0.1, -0.05) is 31.9 Å². The molecule has 0 saturated carbocycles. The summed E-state index contributed by atoms with van der Waals surface area (Å²) in [5, 5.41) is 2.19. The summed E-state index contributed by atoms with van der Waals surface area (Å²) in [5.74, 6) is -0.576. The highest BCUT2D eigenvalue weighted by Gasteiger charge is 2.36. The third kappa shape index (κ3) is 3.81. The molecule has 0 aromatic heterocycles. The summed E-state index contributed by atoms with van der Waals surface area (Å²) in [6.45, 7) is 0. The highest BCUT2D eigenvalue weighted by Crippen LogP contribution is 2.35. The van der Waals surface area contributed by atoms with E-state index >= 15 is 0 Å². The van der Waals surface area contributed by atoms with Crippen LogP contribution in [0, 0.1) is 0 Å². The number of methoxy groups -OCH3 is 2. The normalized spacial score (nSPS) is 15.6. The first-order chi connectivity index (χ1) is 13.3. The molecule has 1 saturated heterocycles. The van der Waals surface area contributed by atoms with Gasteiger partial charge < -0.3 is 9.47 Å². The molecule has 0 bridgehead atoms. The number of imide groups is 2. The first kappa shape index (κ1) is 20.1. The van der Waals surface area contributed by atoms with Gasteiger partial charge in [0, 0.05) is 8.95 Å². The topological polar surface area (TPSA) is 84.9 Å². The lowest BCUT2D eigenvalue weighted by Crippen LogP contribution is -2.54. The van der Waals surface area contributed by atoms with Crippen LogP contribution in [-0.2, 0) is 9.59 Å². The monoisotopic (exact) mass is 508 g/mol. The van der Waals surface area contributed by atoms with Crippen molar-refractivity contribution in [3.05, 3.63) is 56.5 Å². The van der Waals surface area contributed by atoms with Crippen LogP contribution in [0.4, 0.5) is 10.5 Å². The van der Waals surface area contributed by atoms with E-state index in [9.17, 15) is 14.4 Å². The van der Waals surface area contributed by atoms with E-state index in [-0.39, 0.29) is 5.57 Å². The van der Waals surface area contributed by atoms with Crippen molar-refractivity contribution in [1.82, 2.24) is 5.32 Å². The highest BCUT2D eigenvalue weighted by molar-refractivity contribution is 9.10. The van der Waals surface area contributed by atoms with Gasteiger partial charge in [-0.25, -0.2) is 9.69 Å². The molecule has 2 aromatic carbocycles. The number of ether oxygens (including phenoxy) is 2. The number of urea groups is 1. The molecule has 2 aromatic rings. The number of amides is 4. The van der Waals surface area contributed by atoms with Crippen molar-refractivity contribution in [2.24, 2.45) is 0 Å². The van der Waals surface area contributed by atoms with Crippen LogP contribution in [0.3, 0.4) is 0 Å². The molecule has 0 atom stereocenters. The van der Waals surface area contributed by atoms with E-state index in [0.29, 0.717) is 27.2 Å². The van der Waals surface area contributed by atoms with E-state index in [1.807, 2.05) is 0 Å². The lowest BCUT2D eigenvalue weighted by molar-refractivity contribution is -0.122. The fourth-order valence-electron chi connectivity index (χ4n) is 2.62. The van der Waals surface area contributed by atoms with Gasteiger partial charge in [0.05, 0.1) is 19.9 Å². The molecule has 144 valence electrons. The van der Waals surface area contributed by atoms with Crippen molar-refractivity contribution in [1.29, 1.82) is 0 Å². The van der Waals surface area contributed by atoms with Crippen molar-refractivity contribution in [3.63, 3.8) is 0 Å². The second kappa shape index (κ2) is 8.15. The van der Waals surface area contributed by atoms with E-state index in [1.54, 1.807) is 36.4 Å². The first-order valence-corrected chi connectivity index (χ1v) is 9.53. The Labute approximate surface area is 177 Å². The zero-order valence-corrected chi connectivity index (χ0v) is 18.0. The number of hydrogen-bond donors (Lipinski definition) is 1. The van der Waals surface area contributed by atoms with Crippen LogP contribution in [0.5, 0.6) is 11.5 Å². The third-order valence-electron chi connectivity index (χ3n) is 3.99. The fourth-order valence-corrected chi connectivity index (χ4v) is 3.32. The maximum absolute atomic E-state index is 12.9. The molecule has 9 heteroatoms. The molecular formula is C19H14Br2N2O5. The summed E-state index contributed by atoms with van der Waals surface area (Å²) in [5.41, 5.74) is 0.673. The van der Waals surface area contributed by atoms with E-state index in [1.165, 1.54) is 20.3 Å². The Morgan fingerprint density at radius 2 is 1.57 bits per heavy atom. The summed E-state index contributed by atoms with van der Waals surface area (Å²) < 4.78 is 11.9. The molecule has 0 aliphatic carbocycles. The van der Waals surface area contributed by atoms with Crippen LogP contribution in [0.1, 0.15) is 5.56 Å². The second-order valence-electron chi connectivity index (χ2n) is 5.66. The molecule has 0 unspecified atom stereocenters. The van der Waals surface area contributed by atoms with Crippen LogP contribution in [0.15, 0.2) is 50.9 Å². The van der Waals surface area contributed by atoms with E-state index in [2.05, 4.69) is 37.2 Å². The maximum Gasteiger partial charge on any atom is 0.335 e. The number of carbonyl (C=O) groups is 3. The quantitative estimate of drug-likeness (QED) is 0.499. The summed E-state index contributed by atoms with van der Waals surface area (Å²) in [6, 6.07) is 9.07. The molecule has 7 nitrogen and oxygen atoms in total. The number of barbiturate groups is 1. The molecule has 1 aliphatic rings.